The minimum Gasteiger partial charge on any atom is -0.494 e. The highest BCUT2D eigenvalue weighted by atomic mass is 19.4. The second-order valence-electron chi connectivity index (χ2n) is 7.36. The Kier molecular flexibility index (Phi) is 9.97. The van der Waals surface area contributed by atoms with Crippen LogP contribution in [-0.4, -0.2) is 23.3 Å². The van der Waals surface area contributed by atoms with E-state index in [1.165, 1.54) is 31.9 Å². The lowest BCUT2D eigenvalue weighted by molar-refractivity contribution is -0.138. The van der Waals surface area contributed by atoms with Crippen molar-refractivity contribution in [1.29, 1.82) is 0 Å². The fraction of sp³-hybridized carbons (Fsp3) is 0.435. The smallest absolute Gasteiger partial charge is 0.417 e. The highest BCUT2D eigenvalue weighted by Gasteiger charge is 2.31. The Labute approximate surface area is 185 Å². The van der Waals surface area contributed by atoms with Crippen molar-refractivity contribution in [3.8, 4) is 5.75 Å². The monoisotopic (exact) mass is 451 g/mol. The Morgan fingerprint density at radius 3 is 2.44 bits per heavy atom. The highest BCUT2D eigenvalue weighted by molar-refractivity contribution is 5.82. The largest absolute Gasteiger partial charge is 0.494 e. The van der Waals surface area contributed by atoms with Crippen LogP contribution in [0.3, 0.4) is 0 Å². The first-order valence-corrected chi connectivity index (χ1v) is 10.6. The van der Waals surface area contributed by atoms with E-state index >= 15 is 0 Å². The predicted molar refractivity (Wildman–Crippen MR) is 117 cm³/mol. The SMILES string of the molecule is CCCCCCCCOc1ccc(/C=N/NC(=O)Cn2cc(C(F)(F)F)ccc2=O)cc1. The number of rotatable bonds is 12. The minimum atomic E-state index is -4.60. The van der Waals surface area contributed by atoms with E-state index in [-0.39, 0.29) is 0 Å². The summed E-state index contributed by atoms with van der Waals surface area (Å²) in [5, 5.41) is 3.78. The maximum atomic E-state index is 12.8. The molecule has 6 nitrogen and oxygen atoms in total. The first-order chi connectivity index (χ1) is 15.3. The van der Waals surface area contributed by atoms with Crippen LogP contribution in [0.4, 0.5) is 13.2 Å². The molecule has 1 aromatic heterocycles. The average Bonchev–Trinajstić information content (AvgIpc) is 2.75. The summed E-state index contributed by atoms with van der Waals surface area (Å²) in [6.07, 6.45) is 4.54. The summed E-state index contributed by atoms with van der Waals surface area (Å²) in [6.45, 7) is 2.27. The Balaban J connectivity index is 1.77. The predicted octanol–water partition coefficient (Wildman–Crippen LogP) is 4.76. The summed E-state index contributed by atoms with van der Waals surface area (Å²) in [5.41, 5.74) is 1.18. The topological polar surface area (TPSA) is 72.7 Å². The number of hydrazone groups is 1. The van der Waals surface area contributed by atoms with Gasteiger partial charge >= 0.3 is 6.18 Å². The Morgan fingerprint density at radius 1 is 1.06 bits per heavy atom. The van der Waals surface area contributed by atoms with Gasteiger partial charge in [0.25, 0.3) is 11.5 Å². The van der Waals surface area contributed by atoms with Gasteiger partial charge in [0, 0.05) is 12.3 Å². The number of amides is 1. The second kappa shape index (κ2) is 12.7. The number of ether oxygens (including phenoxy) is 1. The summed E-state index contributed by atoms with van der Waals surface area (Å²) in [6, 6.07) is 8.57. The van der Waals surface area contributed by atoms with E-state index in [1.807, 2.05) is 0 Å². The lowest BCUT2D eigenvalue weighted by Crippen LogP contribution is -2.30. The molecule has 0 aliphatic rings. The molecule has 0 bridgehead atoms. The third-order valence-electron chi connectivity index (χ3n) is 4.67. The van der Waals surface area contributed by atoms with Crippen molar-refractivity contribution in [2.45, 2.75) is 58.2 Å². The maximum absolute atomic E-state index is 12.8. The van der Waals surface area contributed by atoms with Crippen molar-refractivity contribution < 1.29 is 22.7 Å². The number of nitrogens with zero attached hydrogens (tertiary/aromatic N) is 2. The standard InChI is InChI=1S/C23H28F3N3O3/c1-2-3-4-5-6-7-14-32-20-11-8-18(9-12-20)15-27-28-21(30)17-29-16-19(23(24,25)26)10-13-22(29)31/h8-13,15-16H,2-7,14,17H2,1H3,(H,28,30)/b27-15+. The van der Waals surface area contributed by atoms with Gasteiger partial charge in [0.2, 0.25) is 0 Å². The van der Waals surface area contributed by atoms with Gasteiger partial charge in [0.1, 0.15) is 12.3 Å². The number of unbranched alkanes of at least 4 members (excludes halogenated alkanes) is 5. The Morgan fingerprint density at radius 2 is 1.75 bits per heavy atom. The number of aromatic nitrogens is 1. The molecular weight excluding hydrogens is 423 g/mol. The first kappa shape index (κ1) is 25.2. The van der Waals surface area contributed by atoms with Crippen LogP contribution < -0.4 is 15.7 Å². The molecule has 0 aliphatic carbocycles. The molecule has 0 radical (unpaired) electrons. The average molecular weight is 451 g/mol. The van der Waals surface area contributed by atoms with Gasteiger partial charge < -0.3 is 9.30 Å². The van der Waals surface area contributed by atoms with Crippen LogP contribution in [0.15, 0.2) is 52.5 Å². The number of benzene rings is 1. The van der Waals surface area contributed by atoms with Gasteiger partial charge in [-0.25, -0.2) is 5.43 Å². The van der Waals surface area contributed by atoms with E-state index in [1.54, 1.807) is 24.3 Å². The van der Waals surface area contributed by atoms with E-state index in [9.17, 15) is 22.8 Å². The third-order valence-corrected chi connectivity index (χ3v) is 4.67. The molecule has 0 spiro atoms. The molecule has 1 amide bonds. The van der Waals surface area contributed by atoms with Crippen molar-refractivity contribution in [3.05, 3.63) is 64.1 Å². The second-order valence-corrected chi connectivity index (χ2v) is 7.36. The fourth-order valence-electron chi connectivity index (χ4n) is 2.91. The molecule has 174 valence electrons. The number of hydrogen-bond acceptors (Lipinski definition) is 4. The van der Waals surface area contributed by atoms with Gasteiger partial charge in [-0.05, 0) is 42.3 Å². The lowest BCUT2D eigenvalue weighted by atomic mass is 10.1. The molecule has 1 aromatic carbocycles. The van der Waals surface area contributed by atoms with Crippen LogP contribution in [0.25, 0.3) is 0 Å². The van der Waals surface area contributed by atoms with Crippen LogP contribution in [0.1, 0.15) is 56.6 Å². The van der Waals surface area contributed by atoms with Crippen molar-refractivity contribution in [3.63, 3.8) is 0 Å². The van der Waals surface area contributed by atoms with Gasteiger partial charge in [-0.15, -0.1) is 0 Å². The van der Waals surface area contributed by atoms with E-state index in [2.05, 4.69) is 17.5 Å². The molecular formula is C23H28F3N3O3. The molecule has 0 fully saturated rings. The van der Waals surface area contributed by atoms with Gasteiger partial charge in [-0.3, -0.25) is 9.59 Å². The fourth-order valence-corrected chi connectivity index (χ4v) is 2.91. The molecule has 0 aliphatic heterocycles. The zero-order chi connectivity index (χ0) is 23.4. The molecule has 0 saturated carbocycles. The molecule has 32 heavy (non-hydrogen) atoms. The van der Waals surface area contributed by atoms with Crippen LogP contribution in [0, 0.1) is 0 Å². The lowest BCUT2D eigenvalue weighted by Gasteiger charge is -2.09. The van der Waals surface area contributed by atoms with Crippen molar-refractivity contribution >= 4 is 12.1 Å². The Hall–Kier alpha value is -3.10. The third kappa shape index (κ3) is 8.95. The van der Waals surface area contributed by atoms with E-state index in [4.69, 9.17) is 4.74 Å². The minimum absolute atomic E-state index is 0.578. The molecule has 2 rings (SSSR count). The molecule has 0 saturated heterocycles. The molecule has 0 atom stereocenters. The normalized spacial score (nSPS) is 11.6. The van der Waals surface area contributed by atoms with Crippen molar-refractivity contribution in [2.24, 2.45) is 5.10 Å². The van der Waals surface area contributed by atoms with Gasteiger partial charge in [-0.1, -0.05) is 39.0 Å². The van der Waals surface area contributed by atoms with Gasteiger partial charge in [-0.2, -0.15) is 18.3 Å². The zero-order valence-electron chi connectivity index (χ0n) is 18.0. The van der Waals surface area contributed by atoms with Crippen molar-refractivity contribution in [1.82, 2.24) is 9.99 Å². The Bertz CT molecular complexity index is 938. The summed E-state index contributed by atoms with van der Waals surface area (Å²) >= 11 is 0. The molecule has 1 N–H and O–H groups in total. The molecule has 2 aromatic rings. The van der Waals surface area contributed by atoms with E-state index in [0.717, 1.165) is 24.7 Å². The zero-order valence-corrected chi connectivity index (χ0v) is 18.0. The summed E-state index contributed by atoms with van der Waals surface area (Å²) in [7, 11) is 0. The van der Waals surface area contributed by atoms with E-state index in [0.29, 0.717) is 29.0 Å². The number of alkyl halides is 3. The van der Waals surface area contributed by atoms with Gasteiger partial charge in [0.15, 0.2) is 0 Å². The maximum Gasteiger partial charge on any atom is 0.417 e. The van der Waals surface area contributed by atoms with Crippen LogP contribution >= 0.6 is 0 Å². The number of nitrogens with one attached hydrogen (secondary N) is 1. The molecule has 1 heterocycles. The molecule has 0 unspecified atom stereocenters. The summed E-state index contributed by atoms with van der Waals surface area (Å²) in [4.78, 5) is 23.6. The van der Waals surface area contributed by atoms with Crippen LogP contribution in [0.5, 0.6) is 5.75 Å². The van der Waals surface area contributed by atoms with Crippen molar-refractivity contribution in [2.75, 3.05) is 6.61 Å². The highest BCUT2D eigenvalue weighted by Crippen LogP contribution is 2.27. The summed E-state index contributed by atoms with van der Waals surface area (Å²) < 4.78 is 44.6. The summed E-state index contributed by atoms with van der Waals surface area (Å²) in [5.74, 6) is 0.0187. The number of halogens is 3. The number of carbonyl (C=O) groups is 1. The molecule has 9 heteroatoms. The number of hydrogen-bond donors (Lipinski definition) is 1. The number of carbonyl (C=O) groups excluding carboxylic acids is 1. The number of pyridine rings is 1. The first-order valence-electron chi connectivity index (χ1n) is 10.6. The van der Waals surface area contributed by atoms with Gasteiger partial charge in [0.05, 0.1) is 18.4 Å². The van der Waals surface area contributed by atoms with Crippen LogP contribution in [0.2, 0.25) is 0 Å². The van der Waals surface area contributed by atoms with Crippen LogP contribution in [-0.2, 0) is 17.5 Å². The van der Waals surface area contributed by atoms with E-state index < -0.39 is 29.8 Å². The quantitative estimate of drug-likeness (QED) is 0.287.